The highest BCUT2D eigenvalue weighted by Crippen LogP contribution is 2.30. The summed E-state index contributed by atoms with van der Waals surface area (Å²) in [5.74, 6) is 0.407. The molecule has 7 heteroatoms. The van der Waals surface area contributed by atoms with Gasteiger partial charge in [-0.25, -0.2) is 5.43 Å². The Morgan fingerprint density at radius 2 is 1.90 bits per heavy atom. The first kappa shape index (κ1) is 19.8. The Morgan fingerprint density at radius 1 is 1.10 bits per heavy atom. The Bertz CT molecular complexity index is 1250. The molecule has 0 aliphatic rings. The molecule has 0 atom stereocenters. The van der Waals surface area contributed by atoms with Crippen molar-refractivity contribution in [2.45, 2.75) is 6.92 Å². The lowest BCUT2D eigenvalue weighted by Gasteiger charge is -2.06. The van der Waals surface area contributed by atoms with E-state index in [1.54, 1.807) is 13.2 Å². The number of halogens is 1. The number of ether oxygens (including phenoxy) is 1. The van der Waals surface area contributed by atoms with Gasteiger partial charge in [0, 0.05) is 10.0 Å². The molecule has 2 N–H and O–H groups in total. The fraction of sp³-hybridized carbons (Fsp3) is 0.0870. The van der Waals surface area contributed by atoms with E-state index in [4.69, 9.17) is 4.74 Å². The van der Waals surface area contributed by atoms with Crippen LogP contribution >= 0.6 is 15.9 Å². The van der Waals surface area contributed by atoms with Gasteiger partial charge in [-0.1, -0.05) is 52.3 Å². The van der Waals surface area contributed by atoms with Crippen LogP contribution in [0.2, 0.25) is 0 Å². The fourth-order valence-corrected chi connectivity index (χ4v) is 3.39. The largest absolute Gasteiger partial charge is 0.497 e. The van der Waals surface area contributed by atoms with Crippen molar-refractivity contribution in [3.8, 4) is 17.0 Å². The van der Waals surface area contributed by atoms with E-state index in [0.29, 0.717) is 17.1 Å². The summed E-state index contributed by atoms with van der Waals surface area (Å²) in [5, 5.41) is 13.4. The Labute approximate surface area is 182 Å². The van der Waals surface area contributed by atoms with Gasteiger partial charge >= 0.3 is 0 Å². The van der Waals surface area contributed by atoms with Gasteiger partial charge in [-0.2, -0.15) is 10.2 Å². The molecule has 3 aromatic carbocycles. The number of nitrogens with zero attached hydrogens (tertiary/aromatic N) is 2. The van der Waals surface area contributed by atoms with Crippen LogP contribution in [0.3, 0.4) is 0 Å². The number of aromatic amines is 1. The van der Waals surface area contributed by atoms with Crippen LogP contribution in [0.15, 0.2) is 76.3 Å². The predicted octanol–water partition coefficient (Wildman–Crippen LogP) is 5.16. The number of carbonyl (C=O) groups is 1. The molecule has 0 unspecified atom stereocenters. The van der Waals surface area contributed by atoms with E-state index in [2.05, 4.69) is 36.7 Å². The molecule has 0 saturated carbocycles. The number of methoxy groups -OCH3 is 1. The zero-order chi connectivity index (χ0) is 21.1. The first-order valence-electron chi connectivity index (χ1n) is 9.28. The van der Waals surface area contributed by atoms with E-state index in [9.17, 15) is 4.79 Å². The minimum atomic E-state index is -0.358. The van der Waals surface area contributed by atoms with E-state index in [1.165, 1.54) is 0 Å². The topological polar surface area (TPSA) is 79.4 Å². The minimum absolute atomic E-state index is 0.331. The molecule has 1 amide bonds. The molecule has 6 nitrogen and oxygen atoms in total. The SMILES string of the molecule is COc1ccc2cccc(-c3cc(C(=O)N/N=C(/C)c4ccc(Br)cc4)[nH]n3)c2c1. The first-order chi connectivity index (χ1) is 14.5. The Hall–Kier alpha value is -3.45. The third kappa shape index (κ3) is 4.11. The maximum Gasteiger partial charge on any atom is 0.289 e. The number of carbonyl (C=O) groups excluding carboxylic acids is 1. The van der Waals surface area contributed by atoms with Crippen LogP contribution in [-0.4, -0.2) is 28.9 Å². The molecule has 0 fully saturated rings. The van der Waals surface area contributed by atoms with Gasteiger partial charge in [0.15, 0.2) is 0 Å². The molecular formula is C23H19BrN4O2. The molecule has 0 bridgehead atoms. The molecule has 0 aliphatic carbocycles. The normalized spacial score (nSPS) is 11.5. The smallest absolute Gasteiger partial charge is 0.289 e. The lowest BCUT2D eigenvalue weighted by Crippen LogP contribution is -2.19. The second-order valence-corrected chi connectivity index (χ2v) is 7.62. The second-order valence-electron chi connectivity index (χ2n) is 6.70. The Balaban J connectivity index is 1.57. The maximum absolute atomic E-state index is 12.5. The van der Waals surface area contributed by atoms with E-state index in [-0.39, 0.29) is 5.91 Å². The van der Waals surface area contributed by atoms with Gasteiger partial charge in [-0.05, 0) is 53.6 Å². The van der Waals surface area contributed by atoms with Crippen molar-refractivity contribution in [3.05, 3.63) is 82.5 Å². The highest BCUT2D eigenvalue weighted by Gasteiger charge is 2.13. The lowest BCUT2D eigenvalue weighted by atomic mass is 10.0. The summed E-state index contributed by atoms with van der Waals surface area (Å²) >= 11 is 3.40. The second kappa shape index (κ2) is 8.51. The van der Waals surface area contributed by atoms with Crippen LogP contribution in [0.4, 0.5) is 0 Å². The first-order valence-corrected chi connectivity index (χ1v) is 10.1. The van der Waals surface area contributed by atoms with Crippen LogP contribution in [0.25, 0.3) is 22.0 Å². The minimum Gasteiger partial charge on any atom is -0.497 e. The van der Waals surface area contributed by atoms with Crippen LogP contribution in [-0.2, 0) is 0 Å². The molecular weight excluding hydrogens is 444 g/mol. The number of nitrogens with one attached hydrogen (secondary N) is 2. The van der Waals surface area contributed by atoms with Gasteiger partial charge in [0.1, 0.15) is 11.4 Å². The third-order valence-corrected chi connectivity index (χ3v) is 5.30. The molecule has 4 rings (SSSR count). The summed E-state index contributed by atoms with van der Waals surface area (Å²) in [6.07, 6.45) is 0. The van der Waals surface area contributed by atoms with Gasteiger partial charge in [0.05, 0.1) is 18.5 Å². The van der Waals surface area contributed by atoms with Gasteiger partial charge < -0.3 is 4.74 Å². The van der Waals surface area contributed by atoms with E-state index >= 15 is 0 Å². The Kier molecular flexibility index (Phi) is 5.63. The van der Waals surface area contributed by atoms with Crippen LogP contribution < -0.4 is 10.2 Å². The van der Waals surface area contributed by atoms with Crippen molar-refractivity contribution in [2.75, 3.05) is 7.11 Å². The van der Waals surface area contributed by atoms with Gasteiger partial charge in [0.25, 0.3) is 5.91 Å². The van der Waals surface area contributed by atoms with Crippen molar-refractivity contribution in [1.29, 1.82) is 0 Å². The molecule has 0 saturated heterocycles. The molecule has 150 valence electrons. The van der Waals surface area contributed by atoms with Crippen LogP contribution in [0.1, 0.15) is 23.0 Å². The predicted molar refractivity (Wildman–Crippen MR) is 122 cm³/mol. The van der Waals surface area contributed by atoms with E-state index < -0.39 is 0 Å². The number of hydrogen-bond donors (Lipinski definition) is 2. The van der Waals surface area contributed by atoms with E-state index in [0.717, 1.165) is 32.1 Å². The number of hydrazone groups is 1. The number of amides is 1. The lowest BCUT2D eigenvalue weighted by molar-refractivity contribution is 0.0950. The third-order valence-electron chi connectivity index (χ3n) is 4.77. The quantitative estimate of drug-likeness (QED) is 0.317. The van der Waals surface area contributed by atoms with Gasteiger partial charge in [-0.3, -0.25) is 9.89 Å². The highest BCUT2D eigenvalue weighted by atomic mass is 79.9. The standard InChI is InChI=1S/C23H19BrN4O2/c1-14(15-6-9-17(24)10-7-15)25-28-23(29)22-13-21(26-27-22)19-5-3-4-16-8-11-18(30-2)12-20(16)19/h3-13H,1-2H3,(H,26,27)(H,28,29)/b25-14-. The molecule has 0 spiro atoms. The number of aromatic nitrogens is 2. The monoisotopic (exact) mass is 462 g/mol. The molecule has 4 aromatic rings. The summed E-state index contributed by atoms with van der Waals surface area (Å²) in [6, 6.07) is 21.3. The Morgan fingerprint density at radius 3 is 2.67 bits per heavy atom. The summed E-state index contributed by atoms with van der Waals surface area (Å²) in [7, 11) is 1.64. The van der Waals surface area contributed by atoms with Crippen molar-refractivity contribution >= 4 is 38.3 Å². The summed E-state index contributed by atoms with van der Waals surface area (Å²) in [5.41, 5.74) is 6.13. The molecule has 0 aliphatic heterocycles. The highest BCUT2D eigenvalue weighted by molar-refractivity contribution is 9.10. The molecule has 30 heavy (non-hydrogen) atoms. The maximum atomic E-state index is 12.5. The van der Waals surface area contributed by atoms with Crippen molar-refractivity contribution in [1.82, 2.24) is 15.6 Å². The molecule has 0 radical (unpaired) electrons. The number of hydrogen-bond acceptors (Lipinski definition) is 4. The number of rotatable bonds is 5. The van der Waals surface area contributed by atoms with Crippen molar-refractivity contribution < 1.29 is 9.53 Å². The molecule has 1 heterocycles. The van der Waals surface area contributed by atoms with E-state index in [1.807, 2.05) is 67.6 Å². The average molecular weight is 463 g/mol. The molecule has 1 aromatic heterocycles. The average Bonchev–Trinajstić information content (AvgIpc) is 3.27. The number of fused-ring (bicyclic) bond motifs is 1. The number of H-pyrrole nitrogens is 1. The van der Waals surface area contributed by atoms with Gasteiger partial charge in [0.2, 0.25) is 0 Å². The number of benzene rings is 3. The summed E-state index contributed by atoms with van der Waals surface area (Å²) < 4.78 is 6.33. The zero-order valence-electron chi connectivity index (χ0n) is 16.4. The van der Waals surface area contributed by atoms with Crippen LogP contribution in [0.5, 0.6) is 5.75 Å². The summed E-state index contributed by atoms with van der Waals surface area (Å²) in [4.78, 5) is 12.5. The van der Waals surface area contributed by atoms with Crippen molar-refractivity contribution in [2.24, 2.45) is 5.10 Å². The van der Waals surface area contributed by atoms with Crippen LogP contribution in [0, 0.1) is 0 Å². The van der Waals surface area contributed by atoms with Gasteiger partial charge in [-0.15, -0.1) is 0 Å². The van der Waals surface area contributed by atoms with Crippen molar-refractivity contribution in [3.63, 3.8) is 0 Å². The summed E-state index contributed by atoms with van der Waals surface area (Å²) in [6.45, 7) is 1.84. The zero-order valence-corrected chi connectivity index (χ0v) is 18.0. The fourth-order valence-electron chi connectivity index (χ4n) is 3.13.